The minimum atomic E-state index is 1.09. The first-order valence-electron chi connectivity index (χ1n) is 22.0. The van der Waals surface area contributed by atoms with E-state index >= 15 is 0 Å². The monoisotopic (exact) mass is 814 g/mol. The third kappa shape index (κ3) is 6.52. The van der Waals surface area contributed by atoms with Crippen LogP contribution in [0.15, 0.2) is 255 Å². The lowest BCUT2D eigenvalue weighted by Gasteiger charge is -2.27. The van der Waals surface area contributed by atoms with E-state index in [4.69, 9.17) is 0 Å². The highest BCUT2D eigenvalue weighted by atomic mass is 15.1. The van der Waals surface area contributed by atoms with Gasteiger partial charge in [-0.2, -0.15) is 0 Å². The van der Waals surface area contributed by atoms with Gasteiger partial charge in [-0.05, 0) is 104 Å². The summed E-state index contributed by atoms with van der Waals surface area (Å²) in [6, 6.07) is 92.6. The average molecular weight is 815 g/mol. The SMILES string of the molecule is c1ccc(-c2ccc(-c3ccc4c5ccccc5n(-c5ccccc5-c5ccc(N(c6ccc(-c7cccc8ccccc78)cc6)c6cccc7ccccc67)cc5)c4c3)cc2)cc1. The summed E-state index contributed by atoms with van der Waals surface area (Å²) >= 11 is 0. The molecule has 300 valence electrons. The largest absolute Gasteiger partial charge is 0.310 e. The molecule has 0 atom stereocenters. The van der Waals surface area contributed by atoms with Crippen LogP contribution in [-0.2, 0) is 0 Å². The predicted molar refractivity (Wildman–Crippen MR) is 272 cm³/mol. The molecule has 0 fully saturated rings. The number of nitrogens with zero attached hydrogens (tertiary/aromatic N) is 2. The summed E-state index contributed by atoms with van der Waals surface area (Å²) in [5.41, 5.74) is 16.4. The zero-order valence-electron chi connectivity index (χ0n) is 35.1. The number of benzene rings is 11. The molecule has 64 heavy (non-hydrogen) atoms. The number of fused-ring (bicyclic) bond motifs is 5. The Bertz CT molecular complexity index is 3630. The van der Waals surface area contributed by atoms with Crippen LogP contribution >= 0.6 is 0 Å². The van der Waals surface area contributed by atoms with Crippen molar-refractivity contribution in [3.63, 3.8) is 0 Å². The fraction of sp³-hybridized carbons (Fsp3) is 0. The Morgan fingerprint density at radius 2 is 0.734 bits per heavy atom. The molecule has 0 amide bonds. The summed E-state index contributed by atoms with van der Waals surface area (Å²) in [7, 11) is 0. The third-order valence-corrected chi connectivity index (χ3v) is 12.8. The van der Waals surface area contributed by atoms with Gasteiger partial charge in [-0.3, -0.25) is 0 Å². The van der Waals surface area contributed by atoms with E-state index in [1.165, 1.54) is 82.3 Å². The summed E-state index contributed by atoms with van der Waals surface area (Å²) in [5, 5.41) is 7.40. The Morgan fingerprint density at radius 1 is 0.266 bits per heavy atom. The topological polar surface area (TPSA) is 8.17 Å². The molecule has 12 aromatic rings. The van der Waals surface area contributed by atoms with Crippen molar-refractivity contribution in [2.75, 3.05) is 4.90 Å². The molecule has 11 aromatic carbocycles. The number of hydrogen-bond donors (Lipinski definition) is 0. The van der Waals surface area contributed by atoms with Gasteiger partial charge in [0.1, 0.15) is 0 Å². The molecule has 1 aromatic heterocycles. The number of rotatable bonds is 8. The van der Waals surface area contributed by atoms with E-state index in [1.54, 1.807) is 0 Å². The quantitative estimate of drug-likeness (QED) is 0.148. The molecule has 0 saturated heterocycles. The first-order valence-corrected chi connectivity index (χ1v) is 22.0. The van der Waals surface area contributed by atoms with Crippen LogP contribution < -0.4 is 4.90 Å². The van der Waals surface area contributed by atoms with Crippen molar-refractivity contribution in [2.45, 2.75) is 0 Å². The Kier molecular flexibility index (Phi) is 9.20. The van der Waals surface area contributed by atoms with Crippen LogP contribution in [0.4, 0.5) is 17.1 Å². The molecule has 0 unspecified atom stereocenters. The fourth-order valence-electron chi connectivity index (χ4n) is 9.70. The van der Waals surface area contributed by atoms with Crippen LogP contribution in [-0.4, -0.2) is 4.57 Å². The van der Waals surface area contributed by atoms with E-state index in [9.17, 15) is 0 Å². The van der Waals surface area contributed by atoms with Gasteiger partial charge in [0.15, 0.2) is 0 Å². The maximum Gasteiger partial charge on any atom is 0.0547 e. The van der Waals surface area contributed by atoms with Gasteiger partial charge >= 0.3 is 0 Å². The molecule has 0 aliphatic rings. The molecule has 0 N–H and O–H groups in total. The molecule has 0 radical (unpaired) electrons. The van der Waals surface area contributed by atoms with Gasteiger partial charge in [0.05, 0.1) is 22.4 Å². The molecule has 2 nitrogen and oxygen atoms in total. The standard InChI is InChI=1S/C62H42N2/c1-2-14-43(15-3-1)44-28-30-45(31-29-44)50-36-41-58-57-23-9-11-26-61(57)64(62(58)42-50)60-25-10-8-22-56(60)49-34-39-52(40-35-49)63(59-27-13-19-47-17-5-7-21-55(47)59)51-37-32-48(33-38-51)54-24-12-18-46-16-4-6-20-53(46)54/h1-42H. The summed E-state index contributed by atoms with van der Waals surface area (Å²) < 4.78 is 2.45. The molecule has 0 aliphatic carbocycles. The van der Waals surface area contributed by atoms with Gasteiger partial charge in [-0.1, -0.05) is 206 Å². The van der Waals surface area contributed by atoms with Crippen molar-refractivity contribution >= 4 is 60.4 Å². The van der Waals surface area contributed by atoms with Gasteiger partial charge < -0.3 is 9.47 Å². The van der Waals surface area contributed by atoms with E-state index in [0.717, 1.165) is 28.3 Å². The summed E-state index contributed by atoms with van der Waals surface area (Å²) in [6.45, 7) is 0. The Labute approximate surface area is 373 Å². The summed E-state index contributed by atoms with van der Waals surface area (Å²) in [4.78, 5) is 2.39. The van der Waals surface area contributed by atoms with E-state index in [1.807, 2.05) is 0 Å². The minimum absolute atomic E-state index is 1.09. The van der Waals surface area contributed by atoms with Gasteiger partial charge in [0.2, 0.25) is 0 Å². The van der Waals surface area contributed by atoms with Crippen LogP contribution in [0.25, 0.3) is 93.5 Å². The Morgan fingerprint density at radius 3 is 1.47 bits per heavy atom. The highest BCUT2D eigenvalue weighted by Gasteiger charge is 2.19. The van der Waals surface area contributed by atoms with Crippen LogP contribution in [0.2, 0.25) is 0 Å². The maximum absolute atomic E-state index is 2.45. The molecule has 0 aliphatic heterocycles. The minimum Gasteiger partial charge on any atom is -0.310 e. The van der Waals surface area contributed by atoms with Crippen LogP contribution in [0.5, 0.6) is 0 Å². The van der Waals surface area contributed by atoms with E-state index in [2.05, 4.69) is 264 Å². The zero-order chi connectivity index (χ0) is 42.4. The normalized spacial score (nSPS) is 11.4. The van der Waals surface area contributed by atoms with Crippen LogP contribution in [0.3, 0.4) is 0 Å². The van der Waals surface area contributed by atoms with Crippen molar-refractivity contribution in [1.29, 1.82) is 0 Å². The lowest BCUT2D eigenvalue weighted by Crippen LogP contribution is -2.10. The molecule has 1 heterocycles. The van der Waals surface area contributed by atoms with Crippen molar-refractivity contribution < 1.29 is 0 Å². The fourth-order valence-corrected chi connectivity index (χ4v) is 9.70. The summed E-state index contributed by atoms with van der Waals surface area (Å²) in [6.07, 6.45) is 0. The smallest absolute Gasteiger partial charge is 0.0547 e. The van der Waals surface area contributed by atoms with E-state index in [0.29, 0.717) is 0 Å². The van der Waals surface area contributed by atoms with Crippen LogP contribution in [0.1, 0.15) is 0 Å². The zero-order valence-corrected chi connectivity index (χ0v) is 35.1. The lowest BCUT2D eigenvalue weighted by atomic mass is 9.98. The number of hydrogen-bond acceptors (Lipinski definition) is 1. The Balaban J connectivity index is 0.954. The highest BCUT2D eigenvalue weighted by molar-refractivity contribution is 6.11. The second-order valence-electron chi connectivity index (χ2n) is 16.5. The Hall–Kier alpha value is -8.46. The predicted octanol–water partition coefficient (Wildman–Crippen LogP) is 17.2. The molecular weight excluding hydrogens is 773 g/mol. The van der Waals surface area contributed by atoms with Crippen molar-refractivity contribution in [3.05, 3.63) is 255 Å². The number of aromatic nitrogens is 1. The lowest BCUT2D eigenvalue weighted by molar-refractivity contribution is 1.18. The van der Waals surface area contributed by atoms with E-state index < -0.39 is 0 Å². The van der Waals surface area contributed by atoms with Gasteiger partial charge in [-0.25, -0.2) is 0 Å². The van der Waals surface area contributed by atoms with Gasteiger partial charge in [0.25, 0.3) is 0 Å². The maximum atomic E-state index is 2.45. The molecule has 0 bridgehead atoms. The van der Waals surface area contributed by atoms with Crippen molar-refractivity contribution in [2.24, 2.45) is 0 Å². The second-order valence-corrected chi connectivity index (χ2v) is 16.5. The third-order valence-electron chi connectivity index (χ3n) is 12.8. The van der Waals surface area contributed by atoms with Crippen molar-refractivity contribution in [3.8, 4) is 50.2 Å². The molecule has 2 heteroatoms. The number of anilines is 3. The molecular formula is C62H42N2. The first-order chi connectivity index (χ1) is 31.7. The first kappa shape index (κ1) is 37.3. The molecule has 12 rings (SSSR count). The number of para-hydroxylation sites is 2. The van der Waals surface area contributed by atoms with Crippen LogP contribution in [0, 0.1) is 0 Å². The second kappa shape index (κ2) is 15.8. The van der Waals surface area contributed by atoms with Crippen molar-refractivity contribution in [1.82, 2.24) is 4.57 Å². The molecule has 0 saturated carbocycles. The summed E-state index contributed by atoms with van der Waals surface area (Å²) in [5.74, 6) is 0. The van der Waals surface area contributed by atoms with Gasteiger partial charge in [-0.15, -0.1) is 0 Å². The average Bonchev–Trinajstić information content (AvgIpc) is 3.70. The van der Waals surface area contributed by atoms with Gasteiger partial charge in [0, 0.05) is 33.1 Å². The van der Waals surface area contributed by atoms with E-state index in [-0.39, 0.29) is 0 Å². The molecule has 0 spiro atoms. The highest BCUT2D eigenvalue weighted by Crippen LogP contribution is 2.42.